The Hall–Kier alpha value is 0.170. The van der Waals surface area contributed by atoms with Crippen LogP contribution in [0.25, 0.3) is 0 Å². The fraction of sp³-hybridized carbons (Fsp3) is 0.923. The number of aliphatic imine (C=N–C) groups is 1. The van der Waals surface area contributed by atoms with E-state index in [0.29, 0.717) is 5.54 Å². The van der Waals surface area contributed by atoms with Crippen molar-refractivity contribution in [1.82, 2.24) is 5.32 Å². The van der Waals surface area contributed by atoms with Crippen molar-refractivity contribution in [3.05, 3.63) is 0 Å². The zero-order valence-electron chi connectivity index (χ0n) is 10.4. The molecule has 1 atom stereocenters. The van der Waals surface area contributed by atoms with Gasteiger partial charge in [-0.1, -0.05) is 31.0 Å². The fourth-order valence-electron chi connectivity index (χ4n) is 3.03. The molecule has 0 bridgehead atoms. The summed E-state index contributed by atoms with van der Waals surface area (Å²) in [7, 11) is 0. The first-order valence-corrected chi connectivity index (χ1v) is 9.04. The summed E-state index contributed by atoms with van der Waals surface area (Å²) in [5.74, 6) is 4.77. The molecule has 1 saturated carbocycles. The number of nitrogens with one attached hydrogen (secondary N) is 1. The van der Waals surface area contributed by atoms with Crippen molar-refractivity contribution in [2.75, 3.05) is 23.8 Å². The first kappa shape index (κ1) is 12.2. The summed E-state index contributed by atoms with van der Waals surface area (Å²) in [6, 6.07) is 0. The number of thioether (sulfide) groups is 2. The monoisotopic (exact) mass is 270 g/mol. The molecule has 2 saturated heterocycles. The standard InChI is InChI=1S/C13H22N2S2/c1-2-5-13(6-3-1)10-17-12(15-13)14-8-11-4-7-16-9-11/h11H,1-10H2,(H,14,15). The molecule has 0 amide bonds. The molecule has 3 rings (SSSR count). The molecular formula is C13H22N2S2. The molecule has 2 aliphatic heterocycles. The normalized spacial score (nSPS) is 34.4. The van der Waals surface area contributed by atoms with Crippen molar-refractivity contribution in [2.24, 2.45) is 10.9 Å². The number of hydrogen-bond donors (Lipinski definition) is 1. The van der Waals surface area contributed by atoms with Crippen LogP contribution in [-0.4, -0.2) is 34.5 Å². The molecular weight excluding hydrogens is 248 g/mol. The van der Waals surface area contributed by atoms with Gasteiger partial charge in [0.2, 0.25) is 0 Å². The Morgan fingerprint density at radius 2 is 2.18 bits per heavy atom. The van der Waals surface area contributed by atoms with E-state index in [1.165, 1.54) is 61.0 Å². The SMILES string of the molecule is C1CCC2(CC1)CSC(=NCC1CCSC1)N2. The van der Waals surface area contributed by atoms with E-state index in [2.05, 4.69) is 17.1 Å². The van der Waals surface area contributed by atoms with Gasteiger partial charge in [-0.15, -0.1) is 0 Å². The van der Waals surface area contributed by atoms with Crippen LogP contribution < -0.4 is 5.32 Å². The van der Waals surface area contributed by atoms with Crippen molar-refractivity contribution in [3.63, 3.8) is 0 Å². The van der Waals surface area contributed by atoms with E-state index >= 15 is 0 Å². The van der Waals surface area contributed by atoms with Crippen molar-refractivity contribution in [3.8, 4) is 0 Å². The maximum Gasteiger partial charge on any atom is 0.157 e. The highest BCUT2D eigenvalue weighted by molar-refractivity contribution is 8.14. The van der Waals surface area contributed by atoms with Crippen molar-refractivity contribution in [1.29, 1.82) is 0 Å². The van der Waals surface area contributed by atoms with Crippen LogP contribution in [0.4, 0.5) is 0 Å². The molecule has 1 N–H and O–H groups in total. The van der Waals surface area contributed by atoms with Crippen LogP contribution in [0.5, 0.6) is 0 Å². The zero-order valence-corrected chi connectivity index (χ0v) is 12.0. The largest absolute Gasteiger partial charge is 0.359 e. The Bertz CT molecular complexity index is 292. The number of amidine groups is 1. The van der Waals surface area contributed by atoms with Gasteiger partial charge in [-0.25, -0.2) is 0 Å². The minimum atomic E-state index is 0.423. The first-order chi connectivity index (χ1) is 8.36. The quantitative estimate of drug-likeness (QED) is 0.834. The highest BCUT2D eigenvalue weighted by atomic mass is 32.2. The van der Waals surface area contributed by atoms with Crippen molar-refractivity contribution >= 4 is 28.7 Å². The van der Waals surface area contributed by atoms with Crippen LogP contribution in [0.1, 0.15) is 38.5 Å². The van der Waals surface area contributed by atoms with Gasteiger partial charge in [-0.2, -0.15) is 11.8 Å². The predicted octanol–water partition coefficient (Wildman–Crippen LogP) is 3.13. The smallest absolute Gasteiger partial charge is 0.157 e. The first-order valence-electron chi connectivity index (χ1n) is 6.90. The molecule has 0 radical (unpaired) electrons. The Labute approximate surface area is 113 Å². The third kappa shape index (κ3) is 2.95. The molecule has 2 heterocycles. The summed E-state index contributed by atoms with van der Waals surface area (Å²) in [5, 5.41) is 4.98. The van der Waals surface area contributed by atoms with Gasteiger partial charge in [0.1, 0.15) is 0 Å². The fourth-order valence-corrected chi connectivity index (χ4v) is 5.53. The maximum atomic E-state index is 4.81. The van der Waals surface area contributed by atoms with E-state index in [1.807, 2.05) is 11.8 Å². The molecule has 17 heavy (non-hydrogen) atoms. The van der Waals surface area contributed by atoms with E-state index in [9.17, 15) is 0 Å². The molecule has 0 aromatic carbocycles. The molecule has 1 aliphatic carbocycles. The van der Waals surface area contributed by atoms with E-state index in [1.54, 1.807) is 0 Å². The van der Waals surface area contributed by atoms with E-state index < -0.39 is 0 Å². The lowest BCUT2D eigenvalue weighted by Gasteiger charge is -2.32. The average molecular weight is 270 g/mol. The zero-order chi connectivity index (χ0) is 11.6. The van der Waals surface area contributed by atoms with E-state index in [-0.39, 0.29) is 0 Å². The molecule has 0 aromatic heterocycles. The third-order valence-electron chi connectivity index (χ3n) is 4.19. The van der Waals surface area contributed by atoms with Gasteiger partial charge in [0, 0.05) is 17.8 Å². The molecule has 0 aromatic rings. The number of rotatable bonds is 2. The second kappa shape index (κ2) is 5.43. The number of hydrogen-bond acceptors (Lipinski definition) is 3. The average Bonchev–Trinajstić information content (AvgIpc) is 2.98. The van der Waals surface area contributed by atoms with Crippen LogP contribution in [-0.2, 0) is 0 Å². The van der Waals surface area contributed by atoms with Gasteiger partial charge in [-0.3, -0.25) is 4.99 Å². The molecule has 1 unspecified atom stereocenters. The lowest BCUT2D eigenvalue weighted by Crippen LogP contribution is -2.45. The van der Waals surface area contributed by atoms with Crippen LogP contribution in [0, 0.1) is 5.92 Å². The molecule has 2 nitrogen and oxygen atoms in total. The van der Waals surface area contributed by atoms with Crippen molar-refractivity contribution < 1.29 is 0 Å². The van der Waals surface area contributed by atoms with Gasteiger partial charge < -0.3 is 5.32 Å². The molecule has 96 valence electrons. The summed E-state index contributed by atoms with van der Waals surface area (Å²) in [6.07, 6.45) is 8.33. The van der Waals surface area contributed by atoms with Crippen LogP contribution >= 0.6 is 23.5 Å². The van der Waals surface area contributed by atoms with Gasteiger partial charge in [0.15, 0.2) is 5.17 Å². The van der Waals surface area contributed by atoms with Crippen LogP contribution in [0.15, 0.2) is 4.99 Å². The molecule has 3 fully saturated rings. The van der Waals surface area contributed by atoms with Gasteiger partial charge >= 0.3 is 0 Å². The van der Waals surface area contributed by atoms with Crippen LogP contribution in [0.3, 0.4) is 0 Å². The Morgan fingerprint density at radius 3 is 2.94 bits per heavy atom. The lowest BCUT2D eigenvalue weighted by atomic mass is 9.83. The highest BCUT2D eigenvalue weighted by Gasteiger charge is 2.38. The van der Waals surface area contributed by atoms with Gasteiger partial charge in [0.25, 0.3) is 0 Å². The molecule has 1 spiro atoms. The van der Waals surface area contributed by atoms with Crippen LogP contribution in [0.2, 0.25) is 0 Å². The Balaban J connectivity index is 1.53. The highest BCUT2D eigenvalue weighted by Crippen LogP contribution is 2.36. The second-order valence-electron chi connectivity index (χ2n) is 5.63. The minimum Gasteiger partial charge on any atom is -0.359 e. The van der Waals surface area contributed by atoms with E-state index in [0.717, 1.165) is 12.5 Å². The summed E-state index contributed by atoms with van der Waals surface area (Å²) >= 11 is 4.05. The second-order valence-corrected chi connectivity index (χ2v) is 7.74. The lowest BCUT2D eigenvalue weighted by molar-refractivity contribution is 0.303. The number of nitrogens with zero attached hydrogens (tertiary/aromatic N) is 1. The van der Waals surface area contributed by atoms with Crippen molar-refractivity contribution in [2.45, 2.75) is 44.1 Å². The topological polar surface area (TPSA) is 24.4 Å². The van der Waals surface area contributed by atoms with E-state index in [4.69, 9.17) is 4.99 Å². The third-order valence-corrected chi connectivity index (χ3v) is 6.62. The predicted molar refractivity (Wildman–Crippen MR) is 79.1 cm³/mol. The Kier molecular flexibility index (Phi) is 3.90. The van der Waals surface area contributed by atoms with Gasteiger partial charge in [0.05, 0.1) is 0 Å². The summed E-state index contributed by atoms with van der Waals surface area (Å²) < 4.78 is 0. The Morgan fingerprint density at radius 1 is 1.29 bits per heavy atom. The molecule has 4 heteroatoms. The summed E-state index contributed by atoms with van der Waals surface area (Å²) in [4.78, 5) is 4.81. The maximum absolute atomic E-state index is 4.81. The minimum absolute atomic E-state index is 0.423. The summed E-state index contributed by atoms with van der Waals surface area (Å²) in [6.45, 7) is 1.05. The van der Waals surface area contributed by atoms with Gasteiger partial charge in [-0.05, 0) is 36.7 Å². The molecule has 3 aliphatic rings. The summed E-state index contributed by atoms with van der Waals surface area (Å²) in [5.41, 5.74) is 0.423.